The predicted octanol–water partition coefficient (Wildman–Crippen LogP) is 3.38. The molecule has 1 heterocycles. The summed E-state index contributed by atoms with van der Waals surface area (Å²) in [5, 5.41) is 3.74. The molecule has 1 aromatic carbocycles. The van der Waals surface area contributed by atoms with Gasteiger partial charge < -0.3 is 5.32 Å². The Labute approximate surface area is 128 Å². The summed E-state index contributed by atoms with van der Waals surface area (Å²) < 4.78 is 0. The number of nitrogens with one attached hydrogen (secondary N) is 1. The van der Waals surface area contributed by atoms with Crippen LogP contribution < -0.4 is 5.32 Å². The molecule has 1 saturated heterocycles. The van der Waals surface area contributed by atoms with Crippen molar-refractivity contribution in [3.05, 3.63) is 35.9 Å². The Bertz CT molecular complexity index is 355. The highest BCUT2D eigenvalue weighted by molar-refractivity contribution is 7.99. The van der Waals surface area contributed by atoms with Gasteiger partial charge in [-0.05, 0) is 49.4 Å². The van der Waals surface area contributed by atoms with Crippen LogP contribution in [0.25, 0.3) is 0 Å². The van der Waals surface area contributed by atoms with Gasteiger partial charge in [0.05, 0.1) is 0 Å². The molecule has 0 saturated carbocycles. The van der Waals surface area contributed by atoms with Crippen molar-refractivity contribution in [2.45, 2.75) is 38.8 Å². The first-order valence-electron chi connectivity index (χ1n) is 7.96. The van der Waals surface area contributed by atoms with Crippen molar-refractivity contribution in [1.29, 1.82) is 0 Å². The monoisotopic (exact) mass is 292 g/mol. The molecule has 3 heteroatoms. The normalized spacial score (nSPS) is 20.1. The lowest BCUT2D eigenvalue weighted by Gasteiger charge is -2.33. The van der Waals surface area contributed by atoms with Gasteiger partial charge in [0.15, 0.2) is 0 Å². The topological polar surface area (TPSA) is 15.3 Å². The standard InChI is InChI=1S/C17H28N2S/c1-2-20-13-7-11-18-17-10-6-12-19(15-17)14-16-8-4-3-5-9-16/h3-5,8-9,17-18H,2,6-7,10-15H2,1H3. The molecule has 1 fully saturated rings. The van der Waals surface area contributed by atoms with Gasteiger partial charge in [-0.3, -0.25) is 4.90 Å². The maximum absolute atomic E-state index is 3.74. The highest BCUT2D eigenvalue weighted by Crippen LogP contribution is 2.13. The summed E-state index contributed by atoms with van der Waals surface area (Å²) in [4.78, 5) is 2.59. The van der Waals surface area contributed by atoms with Crippen LogP contribution >= 0.6 is 11.8 Å². The van der Waals surface area contributed by atoms with E-state index in [4.69, 9.17) is 0 Å². The molecule has 2 nitrogen and oxygen atoms in total. The van der Waals surface area contributed by atoms with Crippen LogP contribution in [-0.4, -0.2) is 42.1 Å². The summed E-state index contributed by atoms with van der Waals surface area (Å²) in [5.74, 6) is 2.54. The minimum absolute atomic E-state index is 0.694. The van der Waals surface area contributed by atoms with Gasteiger partial charge >= 0.3 is 0 Å². The molecule has 0 radical (unpaired) electrons. The minimum Gasteiger partial charge on any atom is -0.313 e. The largest absolute Gasteiger partial charge is 0.313 e. The van der Waals surface area contributed by atoms with E-state index < -0.39 is 0 Å². The number of nitrogens with zero attached hydrogens (tertiary/aromatic N) is 1. The van der Waals surface area contributed by atoms with Crippen LogP contribution in [0.2, 0.25) is 0 Å². The molecule has 1 N–H and O–H groups in total. The van der Waals surface area contributed by atoms with E-state index in [1.807, 2.05) is 11.8 Å². The molecule has 1 aliphatic rings. The molecule has 20 heavy (non-hydrogen) atoms. The van der Waals surface area contributed by atoms with Crippen molar-refractivity contribution in [1.82, 2.24) is 10.2 Å². The summed E-state index contributed by atoms with van der Waals surface area (Å²) in [5.41, 5.74) is 1.44. The van der Waals surface area contributed by atoms with Gasteiger partial charge in [-0.15, -0.1) is 0 Å². The van der Waals surface area contributed by atoms with E-state index in [-0.39, 0.29) is 0 Å². The first-order valence-corrected chi connectivity index (χ1v) is 9.11. The molecule has 1 aliphatic heterocycles. The highest BCUT2D eigenvalue weighted by Gasteiger charge is 2.18. The Morgan fingerprint density at radius 3 is 2.95 bits per heavy atom. The van der Waals surface area contributed by atoms with Crippen LogP contribution in [0.1, 0.15) is 31.7 Å². The molecule has 0 aliphatic carbocycles. The van der Waals surface area contributed by atoms with Gasteiger partial charge in [-0.1, -0.05) is 37.3 Å². The van der Waals surface area contributed by atoms with Crippen LogP contribution in [-0.2, 0) is 6.54 Å². The SMILES string of the molecule is CCSCCCNC1CCCN(Cc2ccccc2)C1. The third kappa shape index (κ3) is 5.86. The number of thioether (sulfide) groups is 1. The van der Waals surface area contributed by atoms with Crippen molar-refractivity contribution in [3.8, 4) is 0 Å². The Morgan fingerprint density at radius 1 is 1.30 bits per heavy atom. The number of hydrogen-bond donors (Lipinski definition) is 1. The van der Waals surface area contributed by atoms with Crippen LogP contribution in [0.5, 0.6) is 0 Å². The van der Waals surface area contributed by atoms with Crippen LogP contribution in [0.4, 0.5) is 0 Å². The van der Waals surface area contributed by atoms with Gasteiger partial charge in [0.1, 0.15) is 0 Å². The third-order valence-corrected chi connectivity index (χ3v) is 4.84. The lowest BCUT2D eigenvalue weighted by atomic mass is 10.0. The molecule has 0 amide bonds. The lowest BCUT2D eigenvalue weighted by Crippen LogP contribution is -2.45. The van der Waals surface area contributed by atoms with Crippen molar-refractivity contribution in [2.24, 2.45) is 0 Å². The summed E-state index contributed by atoms with van der Waals surface area (Å²) in [6.07, 6.45) is 3.97. The quantitative estimate of drug-likeness (QED) is 0.740. The molecule has 0 aromatic heterocycles. The number of likely N-dealkylation sites (tertiary alicyclic amines) is 1. The maximum atomic E-state index is 3.74. The van der Waals surface area contributed by atoms with Crippen molar-refractivity contribution in [3.63, 3.8) is 0 Å². The third-order valence-electron chi connectivity index (χ3n) is 3.86. The van der Waals surface area contributed by atoms with E-state index in [9.17, 15) is 0 Å². The van der Waals surface area contributed by atoms with Gasteiger partial charge in [-0.25, -0.2) is 0 Å². The number of benzene rings is 1. The summed E-state index contributed by atoms with van der Waals surface area (Å²) in [6, 6.07) is 11.5. The molecule has 0 spiro atoms. The molecule has 112 valence electrons. The molecule has 2 rings (SSSR count). The molecule has 0 bridgehead atoms. The van der Waals surface area contributed by atoms with Crippen molar-refractivity contribution in [2.75, 3.05) is 31.1 Å². The fourth-order valence-electron chi connectivity index (χ4n) is 2.83. The second-order valence-electron chi connectivity index (χ2n) is 5.56. The van der Waals surface area contributed by atoms with E-state index in [0.29, 0.717) is 6.04 Å². The van der Waals surface area contributed by atoms with E-state index in [0.717, 1.165) is 6.54 Å². The number of piperidine rings is 1. The summed E-state index contributed by atoms with van der Waals surface area (Å²) in [6.45, 7) is 6.97. The number of hydrogen-bond acceptors (Lipinski definition) is 3. The zero-order valence-corrected chi connectivity index (χ0v) is 13.5. The van der Waals surface area contributed by atoms with E-state index in [1.54, 1.807) is 0 Å². The Hall–Kier alpha value is -0.510. The predicted molar refractivity (Wildman–Crippen MR) is 90.4 cm³/mol. The average Bonchev–Trinajstić information content (AvgIpc) is 2.48. The van der Waals surface area contributed by atoms with Gasteiger partial charge in [0.25, 0.3) is 0 Å². The second-order valence-corrected chi connectivity index (χ2v) is 6.96. The molecule has 1 unspecified atom stereocenters. The second kappa shape index (κ2) is 9.43. The van der Waals surface area contributed by atoms with Crippen LogP contribution in [0, 0.1) is 0 Å². The summed E-state index contributed by atoms with van der Waals surface area (Å²) in [7, 11) is 0. The fourth-order valence-corrected chi connectivity index (χ4v) is 3.47. The van der Waals surface area contributed by atoms with E-state index in [1.165, 1.54) is 56.0 Å². The number of rotatable bonds is 8. The molecular weight excluding hydrogens is 264 g/mol. The summed E-state index contributed by atoms with van der Waals surface area (Å²) >= 11 is 2.05. The molecular formula is C17H28N2S. The Morgan fingerprint density at radius 2 is 2.15 bits per heavy atom. The first-order chi connectivity index (χ1) is 9.88. The zero-order chi connectivity index (χ0) is 14.0. The smallest absolute Gasteiger partial charge is 0.0234 e. The van der Waals surface area contributed by atoms with Gasteiger partial charge in [0, 0.05) is 19.1 Å². The first kappa shape index (κ1) is 15.9. The highest BCUT2D eigenvalue weighted by atomic mass is 32.2. The fraction of sp³-hybridized carbons (Fsp3) is 0.647. The molecule has 1 atom stereocenters. The minimum atomic E-state index is 0.694. The van der Waals surface area contributed by atoms with E-state index in [2.05, 4.69) is 47.5 Å². The Kier molecular flexibility index (Phi) is 7.48. The zero-order valence-electron chi connectivity index (χ0n) is 12.7. The van der Waals surface area contributed by atoms with Crippen LogP contribution in [0.3, 0.4) is 0 Å². The van der Waals surface area contributed by atoms with Crippen LogP contribution in [0.15, 0.2) is 30.3 Å². The maximum Gasteiger partial charge on any atom is 0.0234 e. The lowest BCUT2D eigenvalue weighted by molar-refractivity contribution is 0.184. The molecule has 1 aromatic rings. The average molecular weight is 292 g/mol. The van der Waals surface area contributed by atoms with Gasteiger partial charge in [-0.2, -0.15) is 11.8 Å². The Balaban J connectivity index is 1.66. The van der Waals surface area contributed by atoms with Gasteiger partial charge in [0.2, 0.25) is 0 Å². The van der Waals surface area contributed by atoms with Crippen molar-refractivity contribution < 1.29 is 0 Å². The van der Waals surface area contributed by atoms with Crippen molar-refractivity contribution >= 4 is 11.8 Å². The van der Waals surface area contributed by atoms with E-state index >= 15 is 0 Å².